The van der Waals surface area contributed by atoms with Crippen molar-refractivity contribution in [1.29, 1.82) is 0 Å². The molecule has 0 fully saturated rings. The molecule has 0 spiro atoms. The average molecular weight is 216 g/mol. The lowest BCUT2D eigenvalue weighted by Gasteiger charge is -2.25. The first-order chi connectivity index (χ1) is 7.04. The van der Waals surface area contributed by atoms with Crippen molar-refractivity contribution in [3.8, 4) is 0 Å². The molecule has 0 aromatic heterocycles. The second-order valence-corrected chi connectivity index (χ2v) is 2.97. The van der Waals surface area contributed by atoms with Gasteiger partial charge in [0.1, 0.15) is 12.7 Å². The number of methoxy groups -OCH3 is 1. The Bertz CT molecular complexity index is 295. The molecule has 0 saturated heterocycles. The molecular weight excluding hydrogens is 204 g/mol. The summed E-state index contributed by atoms with van der Waals surface area (Å²) in [6.07, 6.45) is -0.684. The van der Waals surface area contributed by atoms with E-state index in [0.717, 1.165) is 6.08 Å². The van der Waals surface area contributed by atoms with Gasteiger partial charge in [0.25, 0.3) is 0 Å². The maximum Gasteiger partial charge on any atom is 0.373 e. The Balaban J connectivity index is 2.64. The number of esters is 2. The Kier molecular flexibility index (Phi) is 3.68. The standard InChI is InChI=1S/C9H12O6/c1-5(10)15-8-4-14-7(3-6(8)11)9(12)13-2/h3,6,8,11H,4H2,1-2H3/t6-,8-/m0/s1. The Hall–Kier alpha value is -1.56. The van der Waals surface area contributed by atoms with Crippen LogP contribution in [0.2, 0.25) is 0 Å². The van der Waals surface area contributed by atoms with Crippen LogP contribution in [0.25, 0.3) is 0 Å². The van der Waals surface area contributed by atoms with Crippen molar-refractivity contribution in [2.45, 2.75) is 19.1 Å². The average Bonchev–Trinajstić information content (AvgIpc) is 2.19. The van der Waals surface area contributed by atoms with Gasteiger partial charge in [-0.25, -0.2) is 4.79 Å². The second-order valence-electron chi connectivity index (χ2n) is 2.97. The van der Waals surface area contributed by atoms with Crippen LogP contribution in [0.1, 0.15) is 6.92 Å². The zero-order valence-corrected chi connectivity index (χ0v) is 8.43. The molecule has 1 aliphatic heterocycles. The monoisotopic (exact) mass is 216 g/mol. The Morgan fingerprint density at radius 2 is 2.27 bits per heavy atom. The van der Waals surface area contributed by atoms with Gasteiger partial charge in [0.05, 0.1) is 7.11 Å². The normalized spacial score (nSPS) is 24.9. The molecule has 0 radical (unpaired) electrons. The lowest BCUT2D eigenvalue weighted by atomic mass is 10.1. The van der Waals surface area contributed by atoms with Gasteiger partial charge in [0.2, 0.25) is 5.76 Å². The number of carbonyl (C=O) groups is 2. The van der Waals surface area contributed by atoms with Crippen LogP contribution in [0.3, 0.4) is 0 Å². The van der Waals surface area contributed by atoms with Crippen LogP contribution in [0.5, 0.6) is 0 Å². The van der Waals surface area contributed by atoms with Crippen LogP contribution in [0.4, 0.5) is 0 Å². The summed E-state index contributed by atoms with van der Waals surface area (Å²) in [5.74, 6) is -1.26. The molecule has 1 rings (SSSR count). The smallest absolute Gasteiger partial charge is 0.373 e. The zero-order chi connectivity index (χ0) is 11.4. The van der Waals surface area contributed by atoms with Crippen LogP contribution in [-0.2, 0) is 23.8 Å². The van der Waals surface area contributed by atoms with Crippen LogP contribution in [0.15, 0.2) is 11.8 Å². The topological polar surface area (TPSA) is 82.1 Å². The molecule has 1 N–H and O–H groups in total. The molecule has 84 valence electrons. The van der Waals surface area contributed by atoms with E-state index in [9.17, 15) is 14.7 Å². The van der Waals surface area contributed by atoms with Gasteiger partial charge < -0.3 is 19.3 Å². The Morgan fingerprint density at radius 3 is 2.73 bits per heavy atom. The van der Waals surface area contributed by atoms with E-state index in [1.54, 1.807) is 0 Å². The fourth-order valence-electron chi connectivity index (χ4n) is 1.13. The molecule has 0 saturated carbocycles. The molecule has 0 amide bonds. The highest BCUT2D eigenvalue weighted by atomic mass is 16.6. The van der Waals surface area contributed by atoms with Crippen molar-refractivity contribution in [3.05, 3.63) is 11.8 Å². The third-order valence-corrected chi connectivity index (χ3v) is 1.81. The molecule has 15 heavy (non-hydrogen) atoms. The number of carbonyl (C=O) groups excluding carboxylic acids is 2. The fraction of sp³-hybridized carbons (Fsp3) is 0.556. The van der Waals surface area contributed by atoms with Gasteiger partial charge in [0, 0.05) is 6.92 Å². The molecule has 2 atom stereocenters. The summed E-state index contributed by atoms with van der Waals surface area (Å²) in [6.45, 7) is 1.16. The summed E-state index contributed by atoms with van der Waals surface area (Å²) < 4.78 is 14.1. The van der Waals surface area contributed by atoms with E-state index >= 15 is 0 Å². The first kappa shape index (κ1) is 11.5. The third kappa shape index (κ3) is 2.95. The van der Waals surface area contributed by atoms with Crippen molar-refractivity contribution < 1.29 is 28.9 Å². The van der Waals surface area contributed by atoms with Crippen LogP contribution in [0, 0.1) is 0 Å². The van der Waals surface area contributed by atoms with Crippen LogP contribution >= 0.6 is 0 Å². The van der Waals surface area contributed by atoms with E-state index in [2.05, 4.69) is 4.74 Å². The van der Waals surface area contributed by atoms with E-state index in [4.69, 9.17) is 9.47 Å². The van der Waals surface area contributed by atoms with Gasteiger partial charge in [0.15, 0.2) is 6.10 Å². The van der Waals surface area contributed by atoms with Crippen molar-refractivity contribution in [3.63, 3.8) is 0 Å². The number of aliphatic hydroxyl groups excluding tert-OH is 1. The van der Waals surface area contributed by atoms with Crippen molar-refractivity contribution >= 4 is 11.9 Å². The second kappa shape index (κ2) is 4.79. The minimum absolute atomic E-state index is 0.0678. The van der Waals surface area contributed by atoms with Gasteiger partial charge in [-0.15, -0.1) is 0 Å². The third-order valence-electron chi connectivity index (χ3n) is 1.81. The number of hydrogen-bond donors (Lipinski definition) is 1. The molecular formula is C9H12O6. The molecule has 1 heterocycles. The fourth-order valence-corrected chi connectivity index (χ4v) is 1.13. The van der Waals surface area contributed by atoms with Gasteiger partial charge in [-0.2, -0.15) is 0 Å². The van der Waals surface area contributed by atoms with E-state index < -0.39 is 24.1 Å². The highest BCUT2D eigenvalue weighted by Crippen LogP contribution is 2.15. The van der Waals surface area contributed by atoms with Gasteiger partial charge >= 0.3 is 11.9 Å². The largest absolute Gasteiger partial charge is 0.483 e. The number of hydrogen-bond acceptors (Lipinski definition) is 6. The number of rotatable bonds is 2. The zero-order valence-electron chi connectivity index (χ0n) is 8.43. The first-order valence-corrected chi connectivity index (χ1v) is 4.33. The van der Waals surface area contributed by atoms with E-state index in [1.165, 1.54) is 14.0 Å². The predicted molar refractivity (Wildman–Crippen MR) is 47.6 cm³/mol. The quantitative estimate of drug-likeness (QED) is 0.618. The number of ether oxygens (including phenoxy) is 3. The van der Waals surface area contributed by atoms with Crippen LogP contribution < -0.4 is 0 Å². The highest BCUT2D eigenvalue weighted by molar-refractivity contribution is 5.86. The van der Waals surface area contributed by atoms with Crippen molar-refractivity contribution in [2.24, 2.45) is 0 Å². The van der Waals surface area contributed by atoms with Crippen molar-refractivity contribution in [2.75, 3.05) is 13.7 Å². The summed E-state index contributed by atoms with van der Waals surface area (Å²) in [4.78, 5) is 21.6. The predicted octanol–water partition coefficient (Wildman–Crippen LogP) is -0.634. The Morgan fingerprint density at radius 1 is 1.60 bits per heavy atom. The summed E-state index contributed by atoms with van der Waals surface area (Å²) in [6, 6.07) is 0. The summed E-state index contributed by atoms with van der Waals surface area (Å²) in [5.41, 5.74) is 0. The van der Waals surface area contributed by atoms with Gasteiger partial charge in [-0.3, -0.25) is 4.79 Å². The van der Waals surface area contributed by atoms with Gasteiger partial charge in [-0.1, -0.05) is 0 Å². The lowest BCUT2D eigenvalue weighted by molar-refractivity contribution is -0.157. The summed E-state index contributed by atoms with van der Waals surface area (Å²) in [5, 5.41) is 9.49. The summed E-state index contributed by atoms with van der Waals surface area (Å²) >= 11 is 0. The first-order valence-electron chi connectivity index (χ1n) is 4.33. The molecule has 0 bridgehead atoms. The van der Waals surface area contributed by atoms with E-state index in [0.29, 0.717) is 0 Å². The highest BCUT2D eigenvalue weighted by Gasteiger charge is 2.29. The van der Waals surface area contributed by atoms with Gasteiger partial charge in [-0.05, 0) is 6.08 Å². The SMILES string of the molecule is COC(=O)C1=C[C@H](O)[C@@H](OC(C)=O)CO1. The minimum Gasteiger partial charge on any atom is -0.483 e. The molecule has 1 aliphatic rings. The maximum atomic E-state index is 11.0. The van der Waals surface area contributed by atoms with Crippen molar-refractivity contribution in [1.82, 2.24) is 0 Å². The molecule has 0 unspecified atom stereocenters. The molecule has 0 aromatic carbocycles. The van der Waals surface area contributed by atoms with E-state index in [-0.39, 0.29) is 12.4 Å². The molecule has 0 aromatic rings. The maximum absolute atomic E-state index is 11.0. The minimum atomic E-state index is -1.06. The van der Waals surface area contributed by atoms with Crippen LogP contribution in [-0.4, -0.2) is 43.0 Å². The number of aliphatic hydroxyl groups is 1. The molecule has 6 heteroatoms. The molecule has 0 aliphatic carbocycles. The Labute approximate surface area is 86.4 Å². The summed E-state index contributed by atoms with van der Waals surface area (Å²) in [7, 11) is 1.21. The molecule has 6 nitrogen and oxygen atoms in total. The van der Waals surface area contributed by atoms with E-state index in [1.807, 2.05) is 0 Å². The lowest BCUT2D eigenvalue weighted by Crippen LogP contribution is -2.38.